The van der Waals surface area contributed by atoms with Gasteiger partial charge >= 0.3 is 0 Å². The lowest BCUT2D eigenvalue weighted by Crippen LogP contribution is -2.31. The van der Waals surface area contributed by atoms with Crippen molar-refractivity contribution in [1.82, 2.24) is 4.72 Å². The largest absolute Gasteiger partial charge is 0.495 e. The normalized spacial score (nSPS) is 12.3. The van der Waals surface area contributed by atoms with E-state index >= 15 is 0 Å². The summed E-state index contributed by atoms with van der Waals surface area (Å²) in [5, 5.41) is 3.39. The van der Waals surface area contributed by atoms with E-state index < -0.39 is 10.0 Å². The fourth-order valence-electron chi connectivity index (χ4n) is 2.77. The maximum absolute atomic E-state index is 12.6. The van der Waals surface area contributed by atoms with E-state index in [0.717, 1.165) is 11.3 Å². The molecule has 0 unspecified atom stereocenters. The van der Waals surface area contributed by atoms with Gasteiger partial charge in [-0.2, -0.15) is 0 Å². The molecule has 0 aliphatic carbocycles. The van der Waals surface area contributed by atoms with Gasteiger partial charge in [-0.3, -0.25) is 0 Å². The van der Waals surface area contributed by atoms with Crippen LogP contribution in [0.4, 0.5) is 5.69 Å². The van der Waals surface area contributed by atoms with Crippen LogP contribution in [0.25, 0.3) is 0 Å². The van der Waals surface area contributed by atoms with Gasteiger partial charge in [-0.05, 0) is 29.8 Å². The average molecular weight is 382 g/mol. The van der Waals surface area contributed by atoms with Crippen LogP contribution in [0.15, 0.2) is 89.8 Å². The van der Waals surface area contributed by atoms with Crippen molar-refractivity contribution < 1.29 is 13.2 Å². The van der Waals surface area contributed by atoms with Crippen LogP contribution in [0.1, 0.15) is 11.6 Å². The fourth-order valence-corrected chi connectivity index (χ4v) is 3.83. The molecule has 0 radical (unpaired) electrons. The zero-order valence-corrected chi connectivity index (χ0v) is 15.8. The van der Waals surface area contributed by atoms with Crippen molar-refractivity contribution in [2.45, 2.75) is 10.9 Å². The maximum atomic E-state index is 12.6. The SMILES string of the molecule is COc1ccccc1N[C@H](CNS(=O)(=O)c1ccccc1)c1ccccc1. The van der Waals surface area contributed by atoms with Crippen LogP contribution in [0.2, 0.25) is 0 Å². The van der Waals surface area contributed by atoms with Gasteiger partial charge in [0, 0.05) is 6.54 Å². The Balaban J connectivity index is 1.83. The van der Waals surface area contributed by atoms with Crippen LogP contribution in [0.3, 0.4) is 0 Å². The third-order valence-electron chi connectivity index (χ3n) is 4.17. The first kappa shape index (κ1) is 18.9. The van der Waals surface area contributed by atoms with Gasteiger partial charge in [0.25, 0.3) is 0 Å². The van der Waals surface area contributed by atoms with E-state index in [9.17, 15) is 8.42 Å². The number of sulfonamides is 1. The Morgan fingerprint density at radius 3 is 2.11 bits per heavy atom. The molecule has 1 atom stereocenters. The predicted molar refractivity (Wildman–Crippen MR) is 107 cm³/mol. The smallest absolute Gasteiger partial charge is 0.240 e. The molecule has 0 fully saturated rings. The summed E-state index contributed by atoms with van der Waals surface area (Å²) in [5.74, 6) is 0.698. The van der Waals surface area contributed by atoms with Crippen molar-refractivity contribution in [2.24, 2.45) is 0 Å². The zero-order valence-electron chi connectivity index (χ0n) is 15.0. The van der Waals surface area contributed by atoms with Crippen molar-refractivity contribution in [3.8, 4) is 5.75 Å². The number of para-hydroxylation sites is 2. The number of hydrogen-bond donors (Lipinski definition) is 2. The summed E-state index contributed by atoms with van der Waals surface area (Å²) in [6.07, 6.45) is 0. The molecule has 3 aromatic carbocycles. The summed E-state index contributed by atoms with van der Waals surface area (Å²) in [6.45, 7) is 0.194. The quantitative estimate of drug-likeness (QED) is 0.621. The number of anilines is 1. The summed E-state index contributed by atoms with van der Waals surface area (Å²) in [7, 11) is -1.99. The first-order chi connectivity index (χ1) is 13.1. The molecule has 0 saturated carbocycles. The Hall–Kier alpha value is -2.83. The van der Waals surface area contributed by atoms with Gasteiger partial charge in [0.1, 0.15) is 5.75 Å². The van der Waals surface area contributed by atoms with E-state index in [0.29, 0.717) is 5.75 Å². The van der Waals surface area contributed by atoms with Gasteiger partial charge in [0.05, 0.1) is 23.7 Å². The van der Waals surface area contributed by atoms with E-state index in [1.165, 1.54) is 0 Å². The average Bonchev–Trinajstić information content (AvgIpc) is 2.72. The molecule has 5 nitrogen and oxygen atoms in total. The standard InChI is InChI=1S/C21H22N2O3S/c1-26-21-15-9-8-14-19(21)23-20(17-10-4-2-5-11-17)16-22-27(24,25)18-12-6-3-7-13-18/h2-15,20,22-23H,16H2,1H3/t20-/m1/s1. The molecule has 0 saturated heterocycles. The highest BCUT2D eigenvalue weighted by Crippen LogP contribution is 2.28. The van der Waals surface area contributed by atoms with Crippen LogP contribution < -0.4 is 14.8 Å². The molecule has 27 heavy (non-hydrogen) atoms. The topological polar surface area (TPSA) is 67.4 Å². The predicted octanol–water partition coefficient (Wildman–Crippen LogP) is 3.83. The van der Waals surface area contributed by atoms with E-state index in [2.05, 4.69) is 10.0 Å². The Bertz CT molecular complexity index is 961. The minimum absolute atomic E-state index is 0.194. The number of ether oxygens (including phenoxy) is 1. The van der Waals surface area contributed by atoms with Crippen molar-refractivity contribution in [2.75, 3.05) is 19.0 Å². The van der Waals surface area contributed by atoms with Gasteiger partial charge in [0.15, 0.2) is 0 Å². The van der Waals surface area contributed by atoms with Crippen LogP contribution in [-0.2, 0) is 10.0 Å². The molecule has 3 rings (SSSR count). The van der Waals surface area contributed by atoms with Crippen LogP contribution in [0.5, 0.6) is 5.75 Å². The third-order valence-corrected chi connectivity index (χ3v) is 5.61. The Morgan fingerprint density at radius 2 is 1.44 bits per heavy atom. The third kappa shape index (κ3) is 4.87. The van der Waals surface area contributed by atoms with Crippen molar-refractivity contribution in [1.29, 1.82) is 0 Å². The minimum atomic E-state index is -3.59. The number of methoxy groups -OCH3 is 1. The highest BCUT2D eigenvalue weighted by molar-refractivity contribution is 7.89. The van der Waals surface area contributed by atoms with Crippen molar-refractivity contribution in [3.05, 3.63) is 90.5 Å². The lowest BCUT2D eigenvalue weighted by molar-refractivity contribution is 0.416. The monoisotopic (exact) mass is 382 g/mol. The molecule has 0 amide bonds. The van der Waals surface area contributed by atoms with E-state index in [4.69, 9.17) is 4.74 Å². The highest BCUT2D eigenvalue weighted by Gasteiger charge is 2.19. The second-order valence-corrected chi connectivity index (χ2v) is 7.74. The van der Waals surface area contributed by atoms with E-state index in [1.54, 1.807) is 37.4 Å². The molecule has 0 aliphatic heterocycles. The molecular formula is C21H22N2O3S. The number of hydrogen-bond acceptors (Lipinski definition) is 4. The van der Waals surface area contributed by atoms with Gasteiger partial charge in [0.2, 0.25) is 10.0 Å². The number of nitrogens with one attached hydrogen (secondary N) is 2. The maximum Gasteiger partial charge on any atom is 0.240 e. The van der Waals surface area contributed by atoms with E-state index in [1.807, 2.05) is 54.6 Å². The first-order valence-electron chi connectivity index (χ1n) is 8.59. The molecule has 6 heteroatoms. The molecule has 140 valence electrons. The van der Waals surface area contributed by atoms with Gasteiger partial charge in [-0.15, -0.1) is 0 Å². The van der Waals surface area contributed by atoms with Gasteiger partial charge in [-0.1, -0.05) is 60.7 Å². The summed E-state index contributed by atoms with van der Waals surface area (Å²) < 4.78 is 33.3. The van der Waals surface area contributed by atoms with E-state index in [-0.39, 0.29) is 17.5 Å². The molecule has 3 aromatic rings. The molecule has 0 bridgehead atoms. The highest BCUT2D eigenvalue weighted by atomic mass is 32.2. The Kier molecular flexibility index (Phi) is 6.11. The van der Waals surface area contributed by atoms with Crippen LogP contribution in [-0.4, -0.2) is 22.1 Å². The number of benzene rings is 3. The zero-order chi connectivity index (χ0) is 19.1. The second kappa shape index (κ2) is 8.70. The summed E-state index contributed by atoms with van der Waals surface area (Å²) in [6, 6.07) is 25.4. The van der Waals surface area contributed by atoms with Gasteiger partial charge in [-0.25, -0.2) is 13.1 Å². The minimum Gasteiger partial charge on any atom is -0.495 e. The van der Waals surface area contributed by atoms with Crippen LogP contribution in [0, 0.1) is 0 Å². The summed E-state index contributed by atoms with van der Waals surface area (Å²) >= 11 is 0. The Labute approximate surface area is 160 Å². The Morgan fingerprint density at radius 1 is 0.852 bits per heavy atom. The lowest BCUT2D eigenvalue weighted by Gasteiger charge is -2.22. The molecule has 0 aliphatic rings. The van der Waals surface area contributed by atoms with Gasteiger partial charge < -0.3 is 10.1 Å². The summed E-state index contributed by atoms with van der Waals surface area (Å²) in [4.78, 5) is 0.245. The number of rotatable bonds is 8. The summed E-state index contributed by atoms with van der Waals surface area (Å²) in [5.41, 5.74) is 1.77. The fraction of sp³-hybridized carbons (Fsp3) is 0.143. The molecule has 2 N–H and O–H groups in total. The van der Waals surface area contributed by atoms with Crippen molar-refractivity contribution >= 4 is 15.7 Å². The molecule has 0 heterocycles. The molecular weight excluding hydrogens is 360 g/mol. The first-order valence-corrected chi connectivity index (χ1v) is 10.1. The lowest BCUT2D eigenvalue weighted by atomic mass is 10.1. The van der Waals surface area contributed by atoms with Crippen LogP contribution >= 0.6 is 0 Å². The molecule has 0 aromatic heterocycles. The molecule has 0 spiro atoms. The second-order valence-electron chi connectivity index (χ2n) is 5.97. The van der Waals surface area contributed by atoms with Crippen molar-refractivity contribution in [3.63, 3.8) is 0 Å².